The minimum absolute atomic E-state index is 0.235. The van der Waals surface area contributed by atoms with Gasteiger partial charge in [-0.2, -0.15) is 10.1 Å². The molecule has 2 amide bonds. The number of benzene rings is 1. The van der Waals surface area contributed by atoms with Gasteiger partial charge in [-0.3, -0.25) is 5.32 Å². The van der Waals surface area contributed by atoms with Crippen LogP contribution < -0.4 is 16.0 Å². The number of hydrogen-bond donors (Lipinski definition) is 3. The lowest BCUT2D eigenvalue weighted by molar-refractivity contribution is 0.262. The third-order valence-corrected chi connectivity index (χ3v) is 3.09. The molecular weight excluding hydrogens is 268 g/mol. The van der Waals surface area contributed by atoms with Gasteiger partial charge in [0.05, 0.1) is 0 Å². The summed E-state index contributed by atoms with van der Waals surface area (Å²) >= 11 is 0. The van der Waals surface area contributed by atoms with Crippen LogP contribution in [0.1, 0.15) is 25.5 Å². The van der Waals surface area contributed by atoms with Crippen molar-refractivity contribution in [2.24, 2.45) is 7.05 Å². The number of nitrogens with zero attached hydrogens (tertiary/aromatic N) is 3. The smallest absolute Gasteiger partial charge is 0.310 e. The van der Waals surface area contributed by atoms with E-state index in [1.807, 2.05) is 24.3 Å². The summed E-state index contributed by atoms with van der Waals surface area (Å²) in [6.45, 7) is 5.04. The Balaban J connectivity index is 2.01. The highest BCUT2D eigenvalue weighted by Crippen LogP contribution is 2.17. The molecule has 0 aliphatic rings. The lowest BCUT2D eigenvalue weighted by Crippen LogP contribution is -2.22. The van der Waals surface area contributed by atoms with Gasteiger partial charge in [0.2, 0.25) is 5.95 Å². The average molecular weight is 288 g/mol. The molecule has 7 heteroatoms. The van der Waals surface area contributed by atoms with E-state index in [2.05, 4.69) is 39.9 Å². The molecule has 1 atom stereocenters. The van der Waals surface area contributed by atoms with E-state index in [4.69, 9.17) is 0 Å². The van der Waals surface area contributed by atoms with Gasteiger partial charge in [-0.15, -0.1) is 0 Å². The molecule has 7 nitrogen and oxygen atoms in total. The van der Waals surface area contributed by atoms with E-state index < -0.39 is 0 Å². The van der Waals surface area contributed by atoms with Crippen molar-refractivity contribution in [3.63, 3.8) is 0 Å². The highest BCUT2D eigenvalue weighted by Gasteiger charge is 2.08. The molecule has 0 aliphatic heterocycles. The molecular formula is C14H20N6O. The normalized spacial score (nSPS) is 12.0. The Morgan fingerprint density at radius 1 is 1.38 bits per heavy atom. The molecule has 1 aromatic heterocycles. The monoisotopic (exact) mass is 288 g/mol. The average Bonchev–Trinajstić information content (AvgIpc) is 2.84. The zero-order chi connectivity index (χ0) is 15.2. The van der Waals surface area contributed by atoms with Gasteiger partial charge in [0.1, 0.15) is 6.33 Å². The topological polar surface area (TPSA) is 83.9 Å². The fourth-order valence-electron chi connectivity index (χ4n) is 1.98. The molecule has 3 N–H and O–H groups in total. The van der Waals surface area contributed by atoms with Gasteiger partial charge in [-0.1, -0.05) is 19.1 Å². The molecule has 0 aliphatic carbocycles. The van der Waals surface area contributed by atoms with Crippen LogP contribution in [-0.4, -0.2) is 27.3 Å². The van der Waals surface area contributed by atoms with E-state index in [-0.39, 0.29) is 12.1 Å². The minimum atomic E-state index is -0.348. The lowest BCUT2D eigenvalue weighted by atomic mass is 10.1. The SMILES string of the molecule is CCNC(C)c1cccc(NC(=O)Nc2ncnn2C)c1. The number of carbonyl (C=O) groups is 1. The van der Waals surface area contributed by atoms with Crippen LogP contribution in [0.15, 0.2) is 30.6 Å². The number of carbonyl (C=O) groups excluding carboxylic acids is 1. The summed E-state index contributed by atoms with van der Waals surface area (Å²) in [6.07, 6.45) is 1.38. The van der Waals surface area contributed by atoms with Crippen LogP contribution in [0.25, 0.3) is 0 Å². The van der Waals surface area contributed by atoms with E-state index in [9.17, 15) is 4.79 Å². The number of rotatable bonds is 5. The van der Waals surface area contributed by atoms with E-state index in [0.29, 0.717) is 5.95 Å². The van der Waals surface area contributed by atoms with Gasteiger partial charge in [-0.05, 0) is 31.2 Å². The molecule has 0 fully saturated rings. The number of anilines is 2. The molecule has 1 aromatic carbocycles. The highest BCUT2D eigenvalue weighted by molar-refractivity contribution is 5.98. The molecule has 0 radical (unpaired) electrons. The maximum atomic E-state index is 11.9. The number of aromatic nitrogens is 3. The summed E-state index contributed by atoms with van der Waals surface area (Å²) in [5, 5.41) is 12.6. The van der Waals surface area contributed by atoms with Crippen LogP contribution in [0.4, 0.5) is 16.4 Å². The second-order valence-electron chi connectivity index (χ2n) is 4.69. The van der Waals surface area contributed by atoms with E-state index in [0.717, 1.165) is 17.8 Å². The summed E-state index contributed by atoms with van der Waals surface area (Å²) in [4.78, 5) is 15.9. The summed E-state index contributed by atoms with van der Waals surface area (Å²) in [5.74, 6) is 0.393. The van der Waals surface area contributed by atoms with Crippen molar-refractivity contribution >= 4 is 17.7 Å². The van der Waals surface area contributed by atoms with Gasteiger partial charge in [-0.25, -0.2) is 9.48 Å². The first-order chi connectivity index (χ1) is 10.1. The van der Waals surface area contributed by atoms with Crippen LogP contribution in [-0.2, 0) is 7.05 Å². The molecule has 0 spiro atoms. The summed E-state index contributed by atoms with van der Waals surface area (Å²) in [7, 11) is 1.71. The van der Waals surface area contributed by atoms with Gasteiger partial charge >= 0.3 is 6.03 Å². The third-order valence-electron chi connectivity index (χ3n) is 3.09. The largest absolute Gasteiger partial charge is 0.326 e. The van der Waals surface area contributed by atoms with Crippen molar-refractivity contribution in [3.05, 3.63) is 36.2 Å². The standard InChI is InChI=1S/C14H20N6O/c1-4-15-10(2)11-6-5-7-12(8-11)18-14(21)19-13-16-9-17-20(13)3/h5-10,15H,4H2,1-3H3,(H2,16,17,18,19,21). The third kappa shape index (κ3) is 4.03. The second kappa shape index (κ2) is 6.85. The van der Waals surface area contributed by atoms with Gasteiger partial charge < -0.3 is 10.6 Å². The van der Waals surface area contributed by atoms with E-state index >= 15 is 0 Å². The Morgan fingerprint density at radius 2 is 2.19 bits per heavy atom. The number of amides is 2. The van der Waals surface area contributed by atoms with E-state index in [1.165, 1.54) is 11.0 Å². The van der Waals surface area contributed by atoms with Crippen LogP contribution in [0.5, 0.6) is 0 Å². The first-order valence-electron chi connectivity index (χ1n) is 6.85. The first-order valence-corrected chi connectivity index (χ1v) is 6.85. The van der Waals surface area contributed by atoms with Crippen molar-refractivity contribution in [2.45, 2.75) is 19.9 Å². The van der Waals surface area contributed by atoms with E-state index in [1.54, 1.807) is 7.05 Å². The number of aryl methyl sites for hydroxylation is 1. The molecule has 1 heterocycles. The van der Waals surface area contributed by atoms with Gasteiger partial charge in [0.25, 0.3) is 0 Å². The fourth-order valence-corrected chi connectivity index (χ4v) is 1.98. The number of urea groups is 1. The Hall–Kier alpha value is -2.41. The van der Waals surface area contributed by atoms with Crippen molar-refractivity contribution < 1.29 is 4.79 Å². The zero-order valence-corrected chi connectivity index (χ0v) is 12.4. The highest BCUT2D eigenvalue weighted by atomic mass is 16.2. The van der Waals surface area contributed by atoms with Gasteiger partial charge in [0.15, 0.2) is 0 Å². The van der Waals surface area contributed by atoms with Crippen molar-refractivity contribution in [1.82, 2.24) is 20.1 Å². The summed E-state index contributed by atoms with van der Waals surface area (Å²) < 4.78 is 1.49. The fraction of sp³-hybridized carbons (Fsp3) is 0.357. The minimum Gasteiger partial charge on any atom is -0.310 e. The zero-order valence-electron chi connectivity index (χ0n) is 12.4. The van der Waals surface area contributed by atoms with Crippen LogP contribution in [0.2, 0.25) is 0 Å². The van der Waals surface area contributed by atoms with Crippen LogP contribution >= 0.6 is 0 Å². The molecule has 2 aromatic rings. The first kappa shape index (κ1) is 15.0. The Bertz CT molecular complexity index is 609. The van der Waals surface area contributed by atoms with Crippen LogP contribution in [0.3, 0.4) is 0 Å². The quantitative estimate of drug-likeness (QED) is 0.787. The number of nitrogens with one attached hydrogen (secondary N) is 3. The molecule has 1 unspecified atom stereocenters. The summed E-state index contributed by atoms with van der Waals surface area (Å²) in [6, 6.07) is 7.63. The maximum Gasteiger partial charge on any atom is 0.326 e. The predicted molar refractivity (Wildman–Crippen MR) is 82.2 cm³/mol. The molecule has 0 bridgehead atoms. The van der Waals surface area contributed by atoms with Crippen molar-refractivity contribution in [1.29, 1.82) is 0 Å². The Labute approximate surface area is 123 Å². The molecule has 0 saturated heterocycles. The molecule has 21 heavy (non-hydrogen) atoms. The Morgan fingerprint density at radius 3 is 2.86 bits per heavy atom. The van der Waals surface area contributed by atoms with Crippen molar-refractivity contribution in [3.8, 4) is 0 Å². The molecule has 0 saturated carbocycles. The molecule has 2 rings (SSSR count). The molecule has 112 valence electrons. The van der Waals surface area contributed by atoms with Gasteiger partial charge in [0, 0.05) is 18.8 Å². The Kier molecular flexibility index (Phi) is 4.89. The maximum absolute atomic E-state index is 11.9. The van der Waals surface area contributed by atoms with Crippen molar-refractivity contribution in [2.75, 3.05) is 17.2 Å². The second-order valence-corrected chi connectivity index (χ2v) is 4.69. The lowest BCUT2D eigenvalue weighted by Gasteiger charge is -2.14. The van der Waals surface area contributed by atoms with Crippen LogP contribution in [0, 0.1) is 0 Å². The summed E-state index contributed by atoms with van der Waals surface area (Å²) in [5.41, 5.74) is 1.85. The number of hydrogen-bond acceptors (Lipinski definition) is 4. The predicted octanol–water partition coefficient (Wildman–Crippen LogP) is 2.13.